The Labute approximate surface area is 113 Å². The van der Waals surface area contributed by atoms with E-state index in [0.29, 0.717) is 0 Å². The first-order chi connectivity index (χ1) is 8.61. The Balaban J connectivity index is 2.07. The fraction of sp³-hybridized carbons (Fsp3) is 0.462. The van der Waals surface area contributed by atoms with Crippen LogP contribution in [0, 0.1) is 11.6 Å². The largest absolute Gasteiger partial charge is 0.339 e. The SMILES string of the molecule is O=C(Cc1ccc(F)cc1F)N1CCCC1CBr. The number of hydrogen-bond donors (Lipinski definition) is 0. The first-order valence-corrected chi connectivity index (χ1v) is 7.03. The van der Waals surface area contributed by atoms with Crippen LogP contribution in [0.4, 0.5) is 8.78 Å². The molecule has 1 aromatic rings. The lowest BCUT2D eigenvalue weighted by molar-refractivity contribution is -0.130. The standard InChI is InChI=1S/C13H14BrF2NO/c14-8-11-2-1-5-17(11)13(18)6-9-3-4-10(15)7-12(9)16/h3-4,7,11H,1-2,5-6,8H2. The van der Waals surface area contributed by atoms with E-state index >= 15 is 0 Å². The average Bonchev–Trinajstić information content (AvgIpc) is 2.81. The van der Waals surface area contributed by atoms with Crippen LogP contribution in [0.15, 0.2) is 18.2 Å². The predicted octanol–water partition coefficient (Wildman–Crippen LogP) is 2.89. The second kappa shape index (κ2) is 5.78. The topological polar surface area (TPSA) is 20.3 Å². The molecule has 1 heterocycles. The highest BCUT2D eigenvalue weighted by molar-refractivity contribution is 9.09. The van der Waals surface area contributed by atoms with E-state index in [1.54, 1.807) is 4.90 Å². The van der Waals surface area contributed by atoms with Gasteiger partial charge in [0.25, 0.3) is 0 Å². The van der Waals surface area contributed by atoms with Crippen molar-refractivity contribution in [1.82, 2.24) is 4.90 Å². The second-order valence-electron chi connectivity index (χ2n) is 4.45. The summed E-state index contributed by atoms with van der Waals surface area (Å²) in [4.78, 5) is 13.8. The Morgan fingerprint density at radius 3 is 2.89 bits per heavy atom. The van der Waals surface area contributed by atoms with Crippen molar-refractivity contribution in [3.05, 3.63) is 35.4 Å². The van der Waals surface area contributed by atoms with Gasteiger partial charge in [0.15, 0.2) is 0 Å². The quantitative estimate of drug-likeness (QED) is 0.785. The number of alkyl halides is 1. The molecule has 1 amide bonds. The van der Waals surface area contributed by atoms with Gasteiger partial charge in [0.2, 0.25) is 5.91 Å². The molecule has 0 N–H and O–H groups in total. The van der Waals surface area contributed by atoms with Crippen LogP contribution >= 0.6 is 15.9 Å². The summed E-state index contributed by atoms with van der Waals surface area (Å²) in [6, 6.07) is 3.52. The molecule has 1 unspecified atom stereocenters. The monoisotopic (exact) mass is 317 g/mol. The Morgan fingerprint density at radius 2 is 2.22 bits per heavy atom. The zero-order valence-electron chi connectivity index (χ0n) is 9.83. The van der Waals surface area contributed by atoms with Crippen LogP contribution in [0.2, 0.25) is 0 Å². The highest BCUT2D eigenvalue weighted by Crippen LogP contribution is 2.21. The van der Waals surface area contributed by atoms with Gasteiger partial charge in [-0.1, -0.05) is 22.0 Å². The molecule has 1 atom stereocenters. The molecule has 0 saturated carbocycles. The normalized spacial score (nSPS) is 19.3. The highest BCUT2D eigenvalue weighted by Gasteiger charge is 2.27. The summed E-state index contributed by atoms with van der Waals surface area (Å²) in [5, 5.41) is 0.741. The lowest BCUT2D eigenvalue weighted by atomic mass is 10.1. The van der Waals surface area contributed by atoms with E-state index in [2.05, 4.69) is 15.9 Å². The molecular formula is C13H14BrF2NO. The minimum Gasteiger partial charge on any atom is -0.339 e. The van der Waals surface area contributed by atoms with Crippen molar-refractivity contribution in [3.8, 4) is 0 Å². The Hall–Kier alpha value is -0.970. The van der Waals surface area contributed by atoms with Crippen molar-refractivity contribution in [2.75, 3.05) is 11.9 Å². The summed E-state index contributed by atoms with van der Waals surface area (Å²) in [5.74, 6) is -1.37. The van der Waals surface area contributed by atoms with Gasteiger partial charge < -0.3 is 4.90 Å². The number of rotatable bonds is 3. The fourth-order valence-corrected chi connectivity index (χ4v) is 2.93. The predicted molar refractivity (Wildman–Crippen MR) is 68.6 cm³/mol. The summed E-state index contributed by atoms with van der Waals surface area (Å²) in [5.41, 5.74) is 0.252. The van der Waals surface area contributed by atoms with Gasteiger partial charge in [0.1, 0.15) is 11.6 Å². The van der Waals surface area contributed by atoms with E-state index in [1.807, 2.05) is 0 Å². The van der Waals surface area contributed by atoms with E-state index in [1.165, 1.54) is 12.1 Å². The number of benzene rings is 1. The van der Waals surface area contributed by atoms with Crippen molar-refractivity contribution in [3.63, 3.8) is 0 Å². The number of hydrogen-bond acceptors (Lipinski definition) is 1. The molecule has 1 aliphatic rings. The van der Waals surface area contributed by atoms with Crippen LogP contribution in [0.3, 0.4) is 0 Å². The molecule has 0 aromatic heterocycles. The molecule has 0 radical (unpaired) electrons. The number of amides is 1. The van der Waals surface area contributed by atoms with Gasteiger partial charge in [-0.25, -0.2) is 8.78 Å². The maximum Gasteiger partial charge on any atom is 0.227 e. The molecule has 2 rings (SSSR count). The van der Waals surface area contributed by atoms with Crippen molar-refractivity contribution in [2.24, 2.45) is 0 Å². The second-order valence-corrected chi connectivity index (χ2v) is 5.10. The Morgan fingerprint density at radius 1 is 1.44 bits per heavy atom. The van der Waals surface area contributed by atoms with Crippen molar-refractivity contribution < 1.29 is 13.6 Å². The van der Waals surface area contributed by atoms with E-state index in [0.717, 1.165) is 30.8 Å². The molecule has 0 aliphatic carbocycles. The first kappa shape index (κ1) is 13.5. The molecule has 1 aromatic carbocycles. The minimum atomic E-state index is -0.655. The van der Waals surface area contributed by atoms with Gasteiger partial charge in [-0.15, -0.1) is 0 Å². The summed E-state index contributed by atoms with van der Waals surface area (Å²) >= 11 is 3.38. The number of nitrogens with zero attached hydrogens (tertiary/aromatic N) is 1. The third kappa shape index (κ3) is 2.88. The maximum absolute atomic E-state index is 13.5. The van der Waals surface area contributed by atoms with E-state index in [9.17, 15) is 13.6 Å². The average molecular weight is 318 g/mol. The summed E-state index contributed by atoms with van der Waals surface area (Å²) in [7, 11) is 0. The Kier molecular flexibility index (Phi) is 4.32. The lowest BCUT2D eigenvalue weighted by Gasteiger charge is -2.23. The molecule has 1 aliphatic heterocycles. The first-order valence-electron chi connectivity index (χ1n) is 5.91. The summed E-state index contributed by atoms with van der Waals surface area (Å²) in [6.07, 6.45) is 1.95. The maximum atomic E-state index is 13.5. The van der Waals surface area contributed by atoms with Crippen LogP contribution in [0.25, 0.3) is 0 Å². The summed E-state index contributed by atoms with van der Waals surface area (Å²) in [6.45, 7) is 0.720. The van der Waals surface area contributed by atoms with Gasteiger partial charge >= 0.3 is 0 Å². The van der Waals surface area contributed by atoms with E-state index < -0.39 is 11.6 Å². The van der Waals surface area contributed by atoms with Gasteiger partial charge in [-0.2, -0.15) is 0 Å². The lowest BCUT2D eigenvalue weighted by Crippen LogP contribution is -2.37. The zero-order valence-corrected chi connectivity index (χ0v) is 11.4. The van der Waals surface area contributed by atoms with Crippen molar-refractivity contribution in [2.45, 2.75) is 25.3 Å². The smallest absolute Gasteiger partial charge is 0.227 e. The highest BCUT2D eigenvalue weighted by atomic mass is 79.9. The molecule has 0 spiro atoms. The molecule has 2 nitrogen and oxygen atoms in total. The number of likely N-dealkylation sites (tertiary alicyclic amines) is 1. The van der Waals surface area contributed by atoms with Crippen LogP contribution in [0.1, 0.15) is 18.4 Å². The van der Waals surface area contributed by atoms with Crippen LogP contribution in [0.5, 0.6) is 0 Å². The van der Waals surface area contributed by atoms with E-state index in [-0.39, 0.29) is 23.9 Å². The minimum absolute atomic E-state index is 0.00435. The molecule has 1 saturated heterocycles. The molecule has 98 valence electrons. The van der Waals surface area contributed by atoms with Crippen molar-refractivity contribution in [1.29, 1.82) is 0 Å². The molecule has 5 heteroatoms. The molecule has 18 heavy (non-hydrogen) atoms. The van der Waals surface area contributed by atoms with Crippen LogP contribution in [-0.4, -0.2) is 28.7 Å². The fourth-order valence-electron chi connectivity index (χ4n) is 2.25. The third-order valence-electron chi connectivity index (χ3n) is 3.23. The van der Waals surface area contributed by atoms with Gasteiger partial charge in [0, 0.05) is 24.0 Å². The van der Waals surface area contributed by atoms with Gasteiger partial charge in [-0.3, -0.25) is 4.79 Å². The third-order valence-corrected chi connectivity index (χ3v) is 3.98. The van der Waals surface area contributed by atoms with Crippen LogP contribution in [-0.2, 0) is 11.2 Å². The molecular weight excluding hydrogens is 304 g/mol. The Bertz CT molecular complexity index is 453. The number of halogens is 3. The number of carbonyl (C=O) groups excluding carboxylic acids is 1. The zero-order chi connectivity index (χ0) is 13.1. The number of carbonyl (C=O) groups is 1. The van der Waals surface area contributed by atoms with Crippen molar-refractivity contribution >= 4 is 21.8 Å². The molecule has 1 fully saturated rings. The van der Waals surface area contributed by atoms with Crippen LogP contribution < -0.4 is 0 Å². The van der Waals surface area contributed by atoms with E-state index in [4.69, 9.17) is 0 Å². The van der Waals surface area contributed by atoms with Gasteiger partial charge in [0.05, 0.1) is 6.42 Å². The summed E-state index contributed by atoms with van der Waals surface area (Å²) < 4.78 is 26.2. The molecule has 0 bridgehead atoms. The van der Waals surface area contributed by atoms with Gasteiger partial charge in [-0.05, 0) is 24.5 Å².